The first kappa shape index (κ1) is 8.94. The van der Waals surface area contributed by atoms with E-state index in [1.807, 2.05) is 19.0 Å². The predicted molar refractivity (Wildman–Crippen MR) is 44.2 cm³/mol. The average molecular weight is 160 g/mol. The van der Waals surface area contributed by atoms with E-state index in [0.717, 1.165) is 12.8 Å². The number of nitrogens with two attached hydrogens (primary N) is 1. The molecule has 0 heterocycles. The summed E-state index contributed by atoms with van der Waals surface area (Å²) in [6.07, 6.45) is 1.66. The largest absolute Gasteiger partial charge is 0.328 e. The molecule has 11 heavy (non-hydrogen) atoms. The average Bonchev–Trinajstić information content (AvgIpc) is 1.85. The summed E-state index contributed by atoms with van der Waals surface area (Å²) in [4.78, 5) is 1.95. The molecule has 0 aromatic carbocycles. The van der Waals surface area contributed by atoms with Gasteiger partial charge in [0.2, 0.25) is 0 Å². The lowest BCUT2D eigenvalue weighted by Gasteiger charge is -2.34. The summed E-state index contributed by atoms with van der Waals surface area (Å²) in [6.45, 7) is 0. The van der Waals surface area contributed by atoms with Crippen molar-refractivity contribution in [1.82, 2.24) is 4.90 Å². The van der Waals surface area contributed by atoms with Crippen molar-refractivity contribution in [3.05, 3.63) is 0 Å². The van der Waals surface area contributed by atoms with Crippen LogP contribution in [0.3, 0.4) is 0 Å². The normalized spacial score (nSPS) is 39.5. The molecule has 1 unspecified atom stereocenters. The minimum absolute atomic E-state index is 0.0844. The molecule has 0 amide bonds. The monoisotopic (exact) mass is 160 g/mol. The van der Waals surface area contributed by atoms with Gasteiger partial charge in [-0.05, 0) is 33.4 Å². The van der Waals surface area contributed by atoms with Gasteiger partial charge in [-0.15, -0.1) is 0 Å². The second kappa shape index (κ2) is 3.50. The van der Waals surface area contributed by atoms with Gasteiger partial charge < -0.3 is 10.6 Å². The molecule has 0 saturated heterocycles. The fourth-order valence-corrected chi connectivity index (χ4v) is 1.71. The van der Waals surface area contributed by atoms with E-state index in [1.165, 1.54) is 0 Å². The first-order chi connectivity index (χ1) is 5.11. The van der Waals surface area contributed by atoms with E-state index in [9.17, 15) is 4.39 Å². The molecule has 1 rings (SSSR count). The molecule has 2 nitrogen and oxygen atoms in total. The SMILES string of the molecule is CN(C)[C@H]1CC[C@H](N)CC1F. The Labute approximate surface area is 67.6 Å². The molecule has 66 valence electrons. The molecule has 0 radical (unpaired) electrons. The van der Waals surface area contributed by atoms with Crippen LogP contribution in [0.15, 0.2) is 0 Å². The van der Waals surface area contributed by atoms with Crippen molar-refractivity contribution in [1.29, 1.82) is 0 Å². The van der Waals surface area contributed by atoms with E-state index in [4.69, 9.17) is 5.73 Å². The first-order valence-corrected chi connectivity index (χ1v) is 4.17. The van der Waals surface area contributed by atoms with Gasteiger partial charge in [0.15, 0.2) is 0 Å². The van der Waals surface area contributed by atoms with E-state index in [0.29, 0.717) is 6.42 Å². The van der Waals surface area contributed by atoms with Crippen molar-refractivity contribution in [3.8, 4) is 0 Å². The lowest BCUT2D eigenvalue weighted by molar-refractivity contribution is 0.105. The summed E-state index contributed by atoms with van der Waals surface area (Å²) in [5.74, 6) is 0. The lowest BCUT2D eigenvalue weighted by atomic mass is 9.89. The molecule has 2 N–H and O–H groups in total. The fraction of sp³-hybridized carbons (Fsp3) is 1.00. The van der Waals surface area contributed by atoms with Crippen LogP contribution >= 0.6 is 0 Å². The summed E-state index contributed by atoms with van der Waals surface area (Å²) < 4.78 is 13.2. The maximum atomic E-state index is 13.2. The molecule has 0 aromatic rings. The highest BCUT2D eigenvalue weighted by Crippen LogP contribution is 2.23. The van der Waals surface area contributed by atoms with Crippen molar-refractivity contribution >= 4 is 0 Å². The van der Waals surface area contributed by atoms with Gasteiger partial charge >= 0.3 is 0 Å². The Morgan fingerprint density at radius 2 is 2.00 bits per heavy atom. The summed E-state index contributed by atoms with van der Waals surface area (Å²) in [5, 5.41) is 0. The molecule has 3 atom stereocenters. The third-order valence-electron chi connectivity index (χ3n) is 2.44. The van der Waals surface area contributed by atoms with E-state index < -0.39 is 6.17 Å². The number of hydrogen-bond acceptors (Lipinski definition) is 2. The first-order valence-electron chi connectivity index (χ1n) is 4.17. The summed E-state index contributed by atoms with van der Waals surface area (Å²) >= 11 is 0. The highest BCUT2D eigenvalue weighted by Gasteiger charge is 2.29. The molecule has 1 saturated carbocycles. The van der Waals surface area contributed by atoms with Crippen molar-refractivity contribution in [3.63, 3.8) is 0 Å². The zero-order chi connectivity index (χ0) is 8.43. The summed E-state index contributed by atoms with van der Waals surface area (Å²) in [6, 6.07) is 0.177. The van der Waals surface area contributed by atoms with Gasteiger partial charge in [0.05, 0.1) is 0 Å². The molecule has 1 aliphatic rings. The number of alkyl halides is 1. The van der Waals surface area contributed by atoms with Crippen molar-refractivity contribution in [2.45, 2.75) is 37.5 Å². The topological polar surface area (TPSA) is 29.3 Å². The molecule has 1 aliphatic carbocycles. The van der Waals surface area contributed by atoms with Gasteiger partial charge in [0.1, 0.15) is 6.17 Å². The minimum Gasteiger partial charge on any atom is -0.328 e. The number of nitrogens with zero attached hydrogens (tertiary/aromatic N) is 1. The molecule has 0 bridgehead atoms. The Balaban J connectivity index is 2.44. The number of hydrogen-bond donors (Lipinski definition) is 1. The zero-order valence-electron chi connectivity index (χ0n) is 7.26. The highest BCUT2D eigenvalue weighted by molar-refractivity contribution is 4.86. The third kappa shape index (κ3) is 2.14. The molecule has 0 spiro atoms. The molecular formula is C8H17FN2. The smallest absolute Gasteiger partial charge is 0.117 e. The lowest BCUT2D eigenvalue weighted by Crippen LogP contribution is -2.44. The van der Waals surface area contributed by atoms with Crippen LogP contribution in [0.4, 0.5) is 4.39 Å². The minimum atomic E-state index is -0.728. The Kier molecular flexibility index (Phi) is 2.84. The zero-order valence-corrected chi connectivity index (χ0v) is 7.26. The maximum absolute atomic E-state index is 13.2. The fourth-order valence-electron chi connectivity index (χ4n) is 1.71. The standard InChI is InChI=1S/C8H17FN2/c1-11(2)8-4-3-6(10)5-7(8)9/h6-8H,3-5,10H2,1-2H3/t6-,7?,8-/m0/s1. The van der Waals surface area contributed by atoms with Gasteiger partial charge in [-0.25, -0.2) is 4.39 Å². The van der Waals surface area contributed by atoms with Crippen molar-refractivity contribution in [2.75, 3.05) is 14.1 Å². The Morgan fingerprint density at radius 1 is 1.36 bits per heavy atom. The van der Waals surface area contributed by atoms with E-state index in [1.54, 1.807) is 0 Å². The molecule has 0 aromatic heterocycles. The summed E-state index contributed by atoms with van der Waals surface area (Å²) in [5.41, 5.74) is 5.63. The second-order valence-corrected chi connectivity index (χ2v) is 3.62. The van der Waals surface area contributed by atoms with Crippen molar-refractivity contribution < 1.29 is 4.39 Å². The van der Waals surface area contributed by atoms with Crippen molar-refractivity contribution in [2.24, 2.45) is 5.73 Å². The number of rotatable bonds is 1. The maximum Gasteiger partial charge on any atom is 0.117 e. The van der Waals surface area contributed by atoms with Crippen LogP contribution in [0.1, 0.15) is 19.3 Å². The van der Waals surface area contributed by atoms with Crippen LogP contribution in [0.25, 0.3) is 0 Å². The van der Waals surface area contributed by atoms with Gasteiger partial charge in [0, 0.05) is 12.1 Å². The molecule has 0 aliphatic heterocycles. The van der Waals surface area contributed by atoms with E-state index in [2.05, 4.69) is 0 Å². The van der Waals surface area contributed by atoms with Gasteiger partial charge in [-0.1, -0.05) is 0 Å². The van der Waals surface area contributed by atoms with Crippen LogP contribution in [-0.4, -0.2) is 37.3 Å². The van der Waals surface area contributed by atoms with Gasteiger partial charge in [-0.2, -0.15) is 0 Å². The third-order valence-corrected chi connectivity index (χ3v) is 2.44. The van der Waals surface area contributed by atoms with Gasteiger partial charge in [-0.3, -0.25) is 0 Å². The van der Waals surface area contributed by atoms with E-state index in [-0.39, 0.29) is 12.1 Å². The number of halogens is 1. The van der Waals surface area contributed by atoms with Gasteiger partial charge in [0.25, 0.3) is 0 Å². The van der Waals surface area contributed by atoms with Crippen LogP contribution in [0, 0.1) is 0 Å². The van der Waals surface area contributed by atoms with Crippen LogP contribution in [0.2, 0.25) is 0 Å². The van der Waals surface area contributed by atoms with E-state index >= 15 is 0 Å². The highest BCUT2D eigenvalue weighted by atomic mass is 19.1. The van der Waals surface area contributed by atoms with Crippen LogP contribution < -0.4 is 5.73 Å². The molecule has 1 fully saturated rings. The quantitative estimate of drug-likeness (QED) is 0.614. The second-order valence-electron chi connectivity index (χ2n) is 3.62. The van der Waals surface area contributed by atoms with Crippen LogP contribution in [0.5, 0.6) is 0 Å². The Morgan fingerprint density at radius 3 is 2.45 bits per heavy atom. The predicted octanol–water partition coefficient (Wildman–Crippen LogP) is 0.766. The summed E-state index contributed by atoms with van der Waals surface area (Å²) in [7, 11) is 3.85. The Hall–Kier alpha value is -0.150. The molecular weight excluding hydrogens is 143 g/mol. The van der Waals surface area contributed by atoms with Crippen LogP contribution in [-0.2, 0) is 0 Å². The molecule has 3 heteroatoms. The Bertz CT molecular complexity index is 127.